The molecular formula is C15H20F2N2O. The van der Waals surface area contributed by atoms with E-state index in [4.69, 9.17) is 5.73 Å². The molecule has 0 heterocycles. The summed E-state index contributed by atoms with van der Waals surface area (Å²) in [5.41, 5.74) is 7.40. The van der Waals surface area contributed by atoms with E-state index >= 15 is 0 Å². The SMILES string of the molecule is CC/C(N)=C(\CC)NCCC(=O)c1ccc(F)cc1F. The average Bonchev–Trinajstić information content (AvgIpc) is 2.42. The Balaban J connectivity index is 2.60. The van der Waals surface area contributed by atoms with Crippen LogP contribution < -0.4 is 11.1 Å². The molecule has 5 heteroatoms. The van der Waals surface area contributed by atoms with Gasteiger partial charge in [-0.25, -0.2) is 8.78 Å². The Kier molecular flexibility index (Phi) is 6.15. The molecule has 0 amide bonds. The van der Waals surface area contributed by atoms with Crippen molar-refractivity contribution < 1.29 is 13.6 Å². The summed E-state index contributed by atoms with van der Waals surface area (Å²) in [5.74, 6) is -1.88. The van der Waals surface area contributed by atoms with Gasteiger partial charge in [0.25, 0.3) is 0 Å². The first-order valence-corrected chi connectivity index (χ1v) is 6.69. The highest BCUT2D eigenvalue weighted by molar-refractivity contribution is 5.96. The highest BCUT2D eigenvalue weighted by Crippen LogP contribution is 2.12. The fraction of sp³-hybridized carbons (Fsp3) is 0.400. The number of carbonyl (C=O) groups is 1. The lowest BCUT2D eigenvalue weighted by Gasteiger charge is -2.12. The van der Waals surface area contributed by atoms with Gasteiger partial charge in [-0.1, -0.05) is 13.8 Å². The minimum absolute atomic E-state index is 0.0845. The van der Waals surface area contributed by atoms with Crippen LogP contribution in [0.5, 0.6) is 0 Å². The van der Waals surface area contributed by atoms with Crippen LogP contribution in [-0.4, -0.2) is 12.3 Å². The fourth-order valence-electron chi connectivity index (χ4n) is 1.86. The van der Waals surface area contributed by atoms with E-state index in [1.54, 1.807) is 0 Å². The number of hydrogen-bond donors (Lipinski definition) is 2. The van der Waals surface area contributed by atoms with Crippen molar-refractivity contribution in [1.82, 2.24) is 5.32 Å². The van der Waals surface area contributed by atoms with E-state index in [-0.39, 0.29) is 17.8 Å². The molecule has 0 aliphatic carbocycles. The summed E-state index contributed by atoms with van der Waals surface area (Å²) in [7, 11) is 0. The Labute approximate surface area is 117 Å². The van der Waals surface area contributed by atoms with Gasteiger partial charge in [-0.05, 0) is 25.0 Å². The lowest BCUT2D eigenvalue weighted by Crippen LogP contribution is -2.21. The third kappa shape index (κ3) is 4.33. The molecule has 0 bridgehead atoms. The number of rotatable bonds is 7. The predicted molar refractivity (Wildman–Crippen MR) is 75.1 cm³/mol. The van der Waals surface area contributed by atoms with Crippen molar-refractivity contribution in [3.8, 4) is 0 Å². The number of carbonyl (C=O) groups excluding carboxylic acids is 1. The third-order valence-corrected chi connectivity index (χ3v) is 3.04. The van der Waals surface area contributed by atoms with Gasteiger partial charge in [0.15, 0.2) is 5.78 Å². The van der Waals surface area contributed by atoms with Crippen LogP contribution in [0.1, 0.15) is 43.5 Å². The molecule has 1 rings (SSSR count). The smallest absolute Gasteiger partial charge is 0.167 e. The Hall–Kier alpha value is -1.91. The normalized spacial score (nSPS) is 12.0. The summed E-state index contributed by atoms with van der Waals surface area (Å²) < 4.78 is 26.2. The molecular weight excluding hydrogens is 262 g/mol. The van der Waals surface area contributed by atoms with Gasteiger partial charge in [-0.15, -0.1) is 0 Å². The maximum absolute atomic E-state index is 13.4. The van der Waals surface area contributed by atoms with Gasteiger partial charge in [0.05, 0.1) is 5.56 Å². The zero-order valence-electron chi connectivity index (χ0n) is 11.8. The van der Waals surface area contributed by atoms with E-state index in [0.717, 1.165) is 30.3 Å². The molecule has 0 unspecified atom stereocenters. The van der Waals surface area contributed by atoms with Crippen LogP contribution >= 0.6 is 0 Å². The number of ketones is 1. The van der Waals surface area contributed by atoms with Crippen LogP contribution in [0, 0.1) is 11.6 Å². The van der Waals surface area contributed by atoms with Crippen LogP contribution in [0.4, 0.5) is 8.78 Å². The van der Waals surface area contributed by atoms with Gasteiger partial charge in [-0.3, -0.25) is 4.79 Å². The summed E-state index contributed by atoms with van der Waals surface area (Å²) in [5, 5.41) is 3.09. The van der Waals surface area contributed by atoms with E-state index < -0.39 is 11.6 Å². The number of nitrogens with one attached hydrogen (secondary N) is 1. The average molecular weight is 282 g/mol. The molecule has 0 saturated heterocycles. The van der Waals surface area contributed by atoms with Crippen molar-refractivity contribution in [3.63, 3.8) is 0 Å². The second-order valence-corrected chi connectivity index (χ2v) is 4.44. The van der Waals surface area contributed by atoms with Crippen LogP contribution in [0.25, 0.3) is 0 Å². The zero-order valence-corrected chi connectivity index (χ0v) is 11.8. The number of hydrogen-bond acceptors (Lipinski definition) is 3. The minimum atomic E-state index is -0.825. The van der Waals surface area contributed by atoms with Crippen molar-refractivity contribution in [2.24, 2.45) is 5.73 Å². The van der Waals surface area contributed by atoms with Gasteiger partial charge in [0.2, 0.25) is 0 Å². The molecule has 110 valence electrons. The molecule has 1 aromatic rings. The first-order chi connectivity index (χ1) is 9.49. The minimum Gasteiger partial charge on any atom is -0.401 e. The summed E-state index contributed by atoms with van der Waals surface area (Å²) in [6.45, 7) is 4.29. The molecule has 3 nitrogen and oxygen atoms in total. The van der Waals surface area contributed by atoms with E-state index in [2.05, 4.69) is 5.32 Å². The van der Waals surface area contributed by atoms with Gasteiger partial charge >= 0.3 is 0 Å². The molecule has 0 saturated carbocycles. The van der Waals surface area contributed by atoms with E-state index in [1.807, 2.05) is 13.8 Å². The topological polar surface area (TPSA) is 55.1 Å². The molecule has 0 aliphatic rings. The molecule has 1 aromatic carbocycles. The Morgan fingerprint density at radius 2 is 1.95 bits per heavy atom. The van der Waals surface area contributed by atoms with Crippen LogP contribution in [0.3, 0.4) is 0 Å². The third-order valence-electron chi connectivity index (χ3n) is 3.04. The maximum atomic E-state index is 13.4. The van der Waals surface area contributed by atoms with Crippen molar-refractivity contribution in [2.75, 3.05) is 6.54 Å². The molecule has 0 aliphatic heterocycles. The Morgan fingerprint density at radius 1 is 1.25 bits per heavy atom. The summed E-state index contributed by atoms with van der Waals surface area (Å²) in [4.78, 5) is 11.8. The van der Waals surface area contributed by atoms with Gasteiger partial charge < -0.3 is 11.1 Å². The van der Waals surface area contributed by atoms with E-state index in [9.17, 15) is 13.6 Å². The van der Waals surface area contributed by atoms with Crippen molar-refractivity contribution in [1.29, 1.82) is 0 Å². The Bertz CT molecular complexity index is 513. The van der Waals surface area contributed by atoms with Crippen molar-refractivity contribution >= 4 is 5.78 Å². The summed E-state index contributed by atoms with van der Waals surface area (Å²) in [6, 6.07) is 2.97. The Morgan fingerprint density at radius 3 is 2.50 bits per heavy atom. The fourth-order valence-corrected chi connectivity index (χ4v) is 1.86. The summed E-state index contributed by atoms with van der Waals surface area (Å²) in [6.07, 6.45) is 1.61. The number of nitrogens with two attached hydrogens (primary N) is 1. The number of benzene rings is 1. The molecule has 20 heavy (non-hydrogen) atoms. The first-order valence-electron chi connectivity index (χ1n) is 6.69. The van der Waals surface area contributed by atoms with Crippen molar-refractivity contribution in [2.45, 2.75) is 33.1 Å². The molecule has 0 fully saturated rings. The highest BCUT2D eigenvalue weighted by Gasteiger charge is 2.12. The number of allylic oxidation sites excluding steroid dienone is 2. The van der Waals surface area contributed by atoms with E-state index in [1.165, 1.54) is 6.07 Å². The zero-order chi connectivity index (χ0) is 15.1. The second kappa shape index (κ2) is 7.62. The monoisotopic (exact) mass is 282 g/mol. The first kappa shape index (κ1) is 16.1. The quantitative estimate of drug-likeness (QED) is 0.755. The number of Topliss-reactive ketones (excluding diaryl/α,β-unsaturated/α-hetero) is 1. The van der Waals surface area contributed by atoms with Crippen LogP contribution in [0.15, 0.2) is 29.6 Å². The lowest BCUT2D eigenvalue weighted by atomic mass is 10.1. The van der Waals surface area contributed by atoms with Gasteiger partial charge in [-0.2, -0.15) is 0 Å². The standard InChI is InChI=1S/C15H20F2N2O/c1-3-13(18)14(4-2)19-8-7-15(20)11-6-5-10(16)9-12(11)17/h5-6,9,19H,3-4,7-8,18H2,1-2H3/b14-13-. The van der Waals surface area contributed by atoms with Gasteiger partial charge in [0, 0.05) is 30.4 Å². The molecule has 0 spiro atoms. The van der Waals surface area contributed by atoms with E-state index in [0.29, 0.717) is 12.6 Å². The lowest BCUT2D eigenvalue weighted by molar-refractivity contribution is 0.0979. The largest absolute Gasteiger partial charge is 0.401 e. The molecule has 0 radical (unpaired) electrons. The molecule has 3 N–H and O–H groups in total. The molecule has 0 aromatic heterocycles. The van der Waals surface area contributed by atoms with Crippen LogP contribution in [0.2, 0.25) is 0 Å². The maximum Gasteiger partial charge on any atom is 0.167 e. The predicted octanol–water partition coefficient (Wildman–Crippen LogP) is 3.12. The highest BCUT2D eigenvalue weighted by atomic mass is 19.1. The second-order valence-electron chi connectivity index (χ2n) is 4.44. The van der Waals surface area contributed by atoms with Crippen LogP contribution in [-0.2, 0) is 0 Å². The molecule has 0 atom stereocenters. The van der Waals surface area contributed by atoms with Gasteiger partial charge in [0.1, 0.15) is 11.6 Å². The van der Waals surface area contributed by atoms with Crippen molar-refractivity contribution in [3.05, 3.63) is 46.8 Å². The number of halogens is 2. The summed E-state index contributed by atoms with van der Waals surface area (Å²) >= 11 is 0.